The third-order valence-electron chi connectivity index (χ3n) is 5.06. The van der Waals surface area contributed by atoms with Crippen LogP contribution in [0.2, 0.25) is 0 Å². The fourth-order valence-electron chi connectivity index (χ4n) is 3.81. The van der Waals surface area contributed by atoms with Gasteiger partial charge in [0.2, 0.25) is 12.2 Å². The standard InChI is InChI=1S/C24H27NO9/c1-13(26)25-21-23(32-16(4)29)22(31-15(3)28)20(12-30-14(2)27)34-24(21)33-19-11-7-9-17-8-5-6-10-18(17)19/h5-11,20-24H,12H2,1-4H3,(H,25,26)/t20-,21+,22+,23-,24-/m1/s1. The second-order valence-corrected chi connectivity index (χ2v) is 7.82. The molecule has 10 heteroatoms. The Morgan fingerprint density at radius 3 is 2.15 bits per heavy atom. The number of nitrogens with one attached hydrogen (secondary N) is 1. The summed E-state index contributed by atoms with van der Waals surface area (Å²) in [5.41, 5.74) is 0. The highest BCUT2D eigenvalue weighted by atomic mass is 16.7. The lowest BCUT2D eigenvalue weighted by Crippen LogP contribution is -2.67. The molecule has 5 atom stereocenters. The van der Waals surface area contributed by atoms with Crippen molar-refractivity contribution >= 4 is 34.6 Å². The predicted octanol–water partition coefficient (Wildman–Crippen LogP) is 1.87. The maximum atomic E-state index is 12.0. The number of ether oxygens (including phenoxy) is 5. The van der Waals surface area contributed by atoms with E-state index in [0.717, 1.165) is 10.8 Å². The van der Waals surface area contributed by atoms with Crippen molar-refractivity contribution in [1.82, 2.24) is 5.32 Å². The lowest BCUT2D eigenvalue weighted by atomic mass is 9.96. The molecule has 1 heterocycles. The number of benzene rings is 2. The first-order chi connectivity index (χ1) is 16.2. The highest BCUT2D eigenvalue weighted by Crippen LogP contribution is 2.32. The number of fused-ring (bicyclic) bond motifs is 1. The van der Waals surface area contributed by atoms with Gasteiger partial charge < -0.3 is 29.0 Å². The molecule has 0 saturated carbocycles. The Hall–Kier alpha value is -3.66. The van der Waals surface area contributed by atoms with Crippen LogP contribution in [0.15, 0.2) is 42.5 Å². The third-order valence-corrected chi connectivity index (χ3v) is 5.06. The molecule has 1 aliphatic heterocycles. The number of carbonyl (C=O) groups excluding carboxylic acids is 4. The van der Waals surface area contributed by atoms with Gasteiger partial charge in [0, 0.05) is 33.1 Å². The fourth-order valence-corrected chi connectivity index (χ4v) is 3.81. The van der Waals surface area contributed by atoms with E-state index in [1.807, 2.05) is 30.3 Å². The molecule has 1 aliphatic rings. The topological polar surface area (TPSA) is 126 Å². The van der Waals surface area contributed by atoms with E-state index in [-0.39, 0.29) is 6.61 Å². The Morgan fingerprint density at radius 1 is 0.853 bits per heavy atom. The zero-order valence-corrected chi connectivity index (χ0v) is 19.3. The van der Waals surface area contributed by atoms with Crippen LogP contribution in [0.3, 0.4) is 0 Å². The summed E-state index contributed by atoms with van der Waals surface area (Å²) < 4.78 is 28.2. The largest absolute Gasteiger partial charge is 0.463 e. The lowest BCUT2D eigenvalue weighted by molar-refractivity contribution is -0.256. The minimum absolute atomic E-state index is 0.298. The summed E-state index contributed by atoms with van der Waals surface area (Å²) in [7, 11) is 0. The maximum Gasteiger partial charge on any atom is 0.303 e. The zero-order valence-electron chi connectivity index (χ0n) is 19.3. The summed E-state index contributed by atoms with van der Waals surface area (Å²) in [6.07, 6.45) is -4.57. The molecule has 0 radical (unpaired) electrons. The second-order valence-electron chi connectivity index (χ2n) is 7.82. The molecule has 2 aromatic carbocycles. The zero-order chi connectivity index (χ0) is 24.8. The molecule has 0 aromatic heterocycles. The van der Waals surface area contributed by atoms with Crippen molar-refractivity contribution in [1.29, 1.82) is 0 Å². The number of amides is 1. The number of carbonyl (C=O) groups is 4. The summed E-state index contributed by atoms with van der Waals surface area (Å²) in [6, 6.07) is 11.9. The van der Waals surface area contributed by atoms with Crippen LogP contribution in [-0.2, 0) is 38.1 Å². The first kappa shape index (κ1) is 25.0. The highest BCUT2D eigenvalue weighted by molar-refractivity contribution is 5.88. The fraction of sp³-hybridized carbons (Fsp3) is 0.417. The van der Waals surface area contributed by atoms with Gasteiger partial charge >= 0.3 is 17.9 Å². The molecule has 2 aromatic rings. The van der Waals surface area contributed by atoms with Gasteiger partial charge in [-0.3, -0.25) is 19.2 Å². The molecular formula is C24H27NO9. The van der Waals surface area contributed by atoms with Crippen LogP contribution >= 0.6 is 0 Å². The quantitative estimate of drug-likeness (QED) is 0.474. The van der Waals surface area contributed by atoms with Crippen molar-refractivity contribution in [3.8, 4) is 5.75 Å². The Labute approximate surface area is 196 Å². The van der Waals surface area contributed by atoms with Crippen LogP contribution in [0.5, 0.6) is 5.75 Å². The van der Waals surface area contributed by atoms with Crippen molar-refractivity contribution in [3.05, 3.63) is 42.5 Å². The van der Waals surface area contributed by atoms with Crippen LogP contribution in [-0.4, -0.2) is 61.1 Å². The predicted molar refractivity (Wildman–Crippen MR) is 119 cm³/mol. The normalized spacial score (nSPS) is 24.1. The van der Waals surface area contributed by atoms with E-state index in [1.165, 1.54) is 27.7 Å². The molecule has 34 heavy (non-hydrogen) atoms. The van der Waals surface area contributed by atoms with E-state index in [1.54, 1.807) is 12.1 Å². The molecule has 1 saturated heterocycles. The maximum absolute atomic E-state index is 12.0. The van der Waals surface area contributed by atoms with Gasteiger partial charge in [-0.25, -0.2) is 0 Å². The van der Waals surface area contributed by atoms with Gasteiger partial charge in [0.15, 0.2) is 12.2 Å². The number of esters is 3. The lowest BCUT2D eigenvalue weighted by Gasteiger charge is -2.44. The van der Waals surface area contributed by atoms with Gasteiger partial charge in [0.05, 0.1) is 0 Å². The van der Waals surface area contributed by atoms with Crippen molar-refractivity contribution in [2.45, 2.75) is 58.3 Å². The van der Waals surface area contributed by atoms with Gasteiger partial charge in [-0.15, -0.1) is 0 Å². The number of hydrogen-bond donors (Lipinski definition) is 1. The monoisotopic (exact) mass is 473 g/mol. The van der Waals surface area contributed by atoms with Crippen LogP contribution in [0.1, 0.15) is 27.7 Å². The van der Waals surface area contributed by atoms with Crippen molar-refractivity contribution in [2.24, 2.45) is 0 Å². The van der Waals surface area contributed by atoms with Crippen molar-refractivity contribution in [3.63, 3.8) is 0 Å². The molecule has 0 bridgehead atoms. The van der Waals surface area contributed by atoms with E-state index in [4.69, 9.17) is 23.7 Å². The minimum atomic E-state index is -1.18. The van der Waals surface area contributed by atoms with E-state index < -0.39 is 54.5 Å². The Morgan fingerprint density at radius 2 is 1.50 bits per heavy atom. The summed E-state index contributed by atoms with van der Waals surface area (Å²) in [6.45, 7) is 4.57. The molecule has 10 nitrogen and oxygen atoms in total. The molecule has 0 aliphatic carbocycles. The average Bonchev–Trinajstić information content (AvgIpc) is 2.75. The Bertz CT molecular complexity index is 1060. The average molecular weight is 473 g/mol. The van der Waals surface area contributed by atoms with Crippen LogP contribution in [0, 0.1) is 0 Å². The molecule has 0 unspecified atom stereocenters. The molecule has 1 amide bonds. The second kappa shape index (κ2) is 11.0. The molecule has 1 fully saturated rings. The summed E-state index contributed by atoms with van der Waals surface area (Å²) in [5.74, 6) is -1.91. The number of hydrogen-bond acceptors (Lipinski definition) is 9. The molecule has 182 valence electrons. The third kappa shape index (κ3) is 6.22. The van der Waals surface area contributed by atoms with Crippen molar-refractivity contribution < 1.29 is 42.9 Å². The van der Waals surface area contributed by atoms with Crippen LogP contribution < -0.4 is 10.1 Å². The van der Waals surface area contributed by atoms with Gasteiger partial charge in [-0.05, 0) is 11.5 Å². The highest BCUT2D eigenvalue weighted by Gasteiger charge is 2.52. The van der Waals surface area contributed by atoms with Gasteiger partial charge in [0.1, 0.15) is 24.5 Å². The van der Waals surface area contributed by atoms with E-state index >= 15 is 0 Å². The van der Waals surface area contributed by atoms with E-state index in [2.05, 4.69) is 5.32 Å². The summed E-state index contributed by atoms with van der Waals surface area (Å²) in [5, 5.41) is 4.38. The first-order valence-electron chi connectivity index (χ1n) is 10.7. The minimum Gasteiger partial charge on any atom is -0.463 e. The molecular weight excluding hydrogens is 446 g/mol. The van der Waals surface area contributed by atoms with E-state index in [0.29, 0.717) is 5.75 Å². The van der Waals surface area contributed by atoms with E-state index in [9.17, 15) is 19.2 Å². The van der Waals surface area contributed by atoms with Gasteiger partial charge in [-0.1, -0.05) is 36.4 Å². The molecule has 1 N–H and O–H groups in total. The smallest absolute Gasteiger partial charge is 0.303 e. The number of rotatable bonds is 7. The Balaban J connectivity index is 2.03. The van der Waals surface area contributed by atoms with Crippen molar-refractivity contribution in [2.75, 3.05) is 6.61 Å². The van der Waals surface area contributed by atoms with Gasteiger partial charge in [0.25, 0.3) is 0 Å². The van der Waals surface area contributed by atoms with Gasteiger partial charge in [-0.2, -0.15) is 0 Å². The molecule has 0 spiro atoms. The summed E-state index contributed by atoms with van der Waals surface area (Å²) in [4.78, 5) is 47.3. The molecule has 3 rings (SSSR count). The summed E-state index contributed by atoms with van der Waals surface area (Å²) >= 11 is 0. The Kier molecular flexibility index (Phi) is 8.06. The SMILES string of the molecule is CC(=O)N[C@@H]1[C@H](Oc2cccc3ccccc23)O[C@H](COC(C)=O)[C@H](OC(C)=O)[C@@H]1OC(C)=O. The van der Waals surface area contributed by atoms with Crippen LogP contribution in [0.4, 0.5) is 0 Å². The van der Waals surface area contributed by atoms with Crippen LogP contribution in [0.25, 0.3) is 10.8 Å². The first-order valence-corrected chi connectivity index (χ1v) is 10.7.